The van der Waals surface area contributed by atoms with Crippen LogP contribution >= 0.6 is 0 Å². The lowest BCUT2D eigenvalue weighted by atomic mass is 9.94. The molecule has 5 nitrogen and oxygen atoms in total. The Bertz CT molecular complexity index is 432. The maximum atomic E-state index is 11.1. The summed E-state index contributed by atoms with van der Waals surface area (Å²) in [7, 11) is 0. The largest absolute Gasteiger partial charge is 0.478 e. The van der Waals surface area contributed by atoms with Crippen molar-refractivity contribution >= 4 is 11.7 Å². The van der Waals surface area contributed by atoms with Crippen molar-refractivity contribution < 1.29 is 15.0 Å². The van der Waals surface area contributed by atoms with Gasteiger partial charge in [-0.25, -0.2) is 4.79 Å². The Labute approximate surface area is 99.7 Å². The minimum absolute atomic E-state index is 0.234. The molecule has 2 heterocycles. The maximum absolute atomic E-state index is 11.1. The molecular weight excluding hydrogens is 220 g/mol. The quantitative estimate of drug-likeness (QED) is 0.805. The predicted octanol–water partition coefficient (Wildman–Crippen LogP) is 1.13. The number of β-amino-alcohol motifs (C(OH)–C–C–N with tert-alkyl or cyclic N) is 1. The van der Waals surface area contributed by atoms with Gasteiger partial charge in [-0.1, -0.05) is 0 Å². The Hall–Kier alpha value is -1.62. The summed E-state index contributed by atoms with van der Waals surface area (Å²) in [5, 5.41) is 19.1. The molecule has 1 saturated heterocycles. The maximum Gasteiger partial charge on any atom is 0.337 e. The summed E-state index contributed by atoms with van der Waals surface area (Å²) in [6.07, 6.45) is 4.60. The van der Waals surface area contributed by atoms with Crippen LogP contribution in [-0.4, -0.2) is 39.9 Å². The Morgan fingerprint density at radius 3 is 3.00 bits per heavy atom. The van der Waals surface area contributed by atoms with Gasteiger partial charge in [0.05, 0.1) is 23.0 Å². The van der Waals surface area contributed by atoms with Gasteiger partial charge in [-0.3, -0.25) is 4.98 Å². The van der Waals surface area contributed by atoms with Crippen molar-refractivity contribution in [2.24, 2.45) is 0 Å². The predicted molar refractivity (Wildman–Crippen MR) is 63.3 cm³/mol. The number of aromatic nitrogens is 1. The highest BCUT2D eigenvalue weighted by atomic mass is 16.4. The Kier molecular flexibility index (Phi) is 3.02. The number of pyridine rings is 1. The minimum Gasteiger partial charge on any atom is -0.478 e. The molecule has 1 aromatic heterocycles. The highest BCUT2D eigenvalue weighted by Crippen LogP contribution is 2.27. The molecule has 0 aliphatic carbocycles. The lowest BCUT2D eigenvalue weighted by molar-refractivity contribution is 0.0446. The normalized spacial score (nSPS) is 24.7. The van der Waals surface area contributed by atoms with Crippen molar-refractivity contribution in [2.45, 2.75) is 25.4 Å². The van der Waals surface area contributed by atoms with Gasteiger partial charge in [-0.15, -0.1) is 0 Å². The molecule has 1 aliphatic heterocycles. The molecule has 0 saturated carbocycles. The summed E-state index contributed by atoms with van der Waals surface area (Å²) >= 11 is 0. The van der Waals surface area contributed by atoms with Crippen LogP contribution < -0.4 is 4.90 Å². The first kappa shape index (κ1) is 11.9. The number of aromatic carboxylic acids is 1. The number of piperidine rings is 1. The van der Waals surface area contributed by atoms with Crippen LogP contribution in [0.3, 0.4) is 0 Å². The summed E-state index contributed by atoms with van der Waals surface area (Å²) in [6.45, 7) is 2.97. The summed E-state index contributed by atoms with van der Waals surface area (Å²) in [6, 6.07) is 1.49. The van der Waals surface area contributed by atoms with Crippen molar-refractivity contribution in [3.63, 3.8) is 0 Å². The Morgan fingerprint density at radius 2 is 2.35 bits per heavy atom. The topological polar surface area (TPSA) is 73.7 Å². The van der Waals surface area contributed by atoms with E-state index in [1.165, 1.54) is 12.3 Å². The monoisotopic (exact) mass is 236 g/mol. The molecule has 1 aliphatic rings. The number of hydrogen-bond acceptors (Lipinski definition) is 4. The van der Waals surface area contributed by atoms with Crippen molar-refractivity contribution in [1.82, 2.24) is 4.98 Å². The fourth-order valence-electron chi connectivity index (χ4n) is 2.24. The first-order valence-corrected chi connectivity index (χ1v) is 5.64. The van der Waals surface area contributed by atoms with Crippen molar-refractivity contribution in [1.29, 1.82) is 0 Å². The lowest BCUT2D eigenvalue weighted by Crippen LogP contribution is -2.46. The summed E-state index contributed by atoms with van der Waals surface area (Å²) in [5.74, 6) is -0.965. The van der Waals surface area contributed by atoms with Gasteiger partial charge < -0.3 is 15.1 Å². The number of anilines is 1. The number of carboxylic acid groups (broad SMARTS) is 1. The second-order valence-electron chi connectivity index (χ2n) is 4.72. The molecule has 1 fully saturated rings. The Morgan fingerprint density at radius 1 is 1.59 bits per heavy atom. The molecule has 17 heavy (non-hydrogen) atoms. The van der Waals surface area contributed by atoms with E-state index in [0.29, 0.717) is 12.2 Å². The number of nitrogens with zero attached hydrogens (tertiary/aromatic N) is 2. The molecule has 0 spiro atoms. The number of carboxylic acids is 1. The van der Waals surface area contributed by atoms with Crippen molar-refractivity contribution in [2.75, 3.05) is 18.0 Å². The second kappa shape index (κ2) is 4.33. The van der Waals surface area contributed by atoms with Gasteiger partial charge in [-0.2, -0.15) is 0 Å². The van der Waals surface area contributed by atoms with Crippen LogP contribution in [0, 0.1) is 0 Å². The van der Waals surface area contributed by atoms with E-state index in [1.54, 1.807) is 13.1 Å². The SMILES string of the molecule is CC1(O)CCCN(c2cnccc2C(=O)O)C1. The molecule has 0 bridgehead atoms. The van der Waals surface area contributed by atoms with Gasteiger partial charge in [0.25, 0.3) is 0 Å². The van der Waals surface area contributed by atoms with Crippen LogP contribution in [0.1, 0.15) is 30.1 Å². The molecular formula is C12H16N2O3. The summed E-state index contributed by atoms with van der Waals surface area (Å²) in [5.41, 5.74) is 0.0572. The highest BCUT2D eigenvalue weighted by molar-refractivity contribution is 5.94. The number of rotatable bonds is 2. The summed E-state index contributed by atoms with van der Waals surface area (Å²) in [4.78, 5) is 17.0. The molecule has 1 aromatic rings. The molecule has 0 aromatic carbocycles. The Balaban J connectivity index is 2.30. The first-order valence-electron chi connectivity index (χ1n) is 5.64. The molecule has 0 radical (unpaired) electrons. The molecule has 5 heteroatoms. The van der Waals surface area contributed by atoms with E-state index in [4.69, 9.17) is 5.11 Å². The van der Waals surface area contributed by atoms with Crippen LogP contribution in [-0.2, 0) is 0 Å². The van der Waals surface area contributed by atoms with E-state index in [0.717, 1.165) is 19.4 Å². The second-order valence-corrected chi connectivity index (χ2v) is 4.72. The van der Waals surface area contributed by atoms with Gasteiger partial charge in [0, 0.05) is 19.3 Å². The van der Waals surface area contributed by atoms with E-state index in [2.05, 4.69) is 4.98 Å². The van der Waals surface area contributed by atoms with Gasteiger partial charge in [0.1, 0.15) is 0 Å². The van der Waals surface area contributed by atoms with Crippen molar-refractivity contribution in [3.05, 3.63) is 24.0 Å². The first-order chi connectivity index (χ1) is 7.99. The summed E-state index contributed by atoms with van der Waals surface area (Å²) < 4.78 is 0. The van der Waals surface area contributed by atoms with Crippen LogP contribution in [0.2, 0.25) is 0 Å². The van der Waals surface area contributed by atoms with Crippen LogP contribution in [0.5, 0.6) is 0 Å². The van der Waals surface area contributed by atoms with E-state index in [9.17, 15) is 9.90 Å². The highest BCUT2D eigenvalue weighted by Gasteiger charge is 2.30. The molecule has 2 N–H and O–H groups in total. The average molecular weight is 236 g/mol. The molecule has 0 amide bonds. The molecule has 92 valence electrons. The zero-order chi connectivity index (χ0) is 12.5. The van der Waals surface area contributed by atoms with Crippen LogP contribution in [0.4, 0.5) is 5.69 Å². The average Bonchev–Trinajstić information content (AvgIpc) is 2.27. The molecule has 1 unspecified atom stereocenters. The molecule has 2 rings (SSSR count). The van der Waals surface area contributed by atoms with Crippen LogP contribution in [0.15, 0.2) is 18.5 Å². The minimum atomic E-state index is -0.965. The standard InChI is InChI=1S/C12H16N2O3/c1-12(17)4-2-6-14(8-12)10-7-13-5-3-9(10)11(15)16/h3,5,7,17H,2,4,6,8H2,1H3,(H,15,16). The van der Waals surface area contributed by atoms with E-state index in [-0.39, 0.29) is 5.56 Å². The zero-order valence-electron chi connectivity index (χ0n) is 9.76. The van der Waals surface area contributed by atoms with Gasteiger partial charge in [-0.05, 0) is 25.8 Å². The van der Waals surface area contributed by atoms with E-state index < -0.39 is 11.6 Å². The van der Waals surface area contributed by atoms with Gasteiger partial charge >= 0.3 is 5.97 Å². The zero-order valence-corrected chi connectivity index (χ0v) is 9.76. The smallest absolute Gasteiger partial charge is 0.337 e. The number of carbonyl (C=O) groups is 1. The fraction of sp³-hybridized carbons (Fsp3) is 0.500. The van der Waals surface area contributed by atoms with Crippen molar-refractivity contribution in [3.8, 4) is 0 Å². The van der Waals surface area contributed by atoms with E-state index >= 15 is 0 Å². The lowest BCUT2D eigenvalue weighted by Gasteiger charge is -2.38. The van der Waals surface area contributed by atoms with Gasteiger partial charge in [0.2, 0.25) is 0 Å². The van der Waals surface area contributed by atoms with E-state index in [1.807, 2.05) is 4.90 Å². The van der Waals surface area contributed by atoms with Crippen LogP contribution in [0.25, 0.3) is 0 Å². The fourth-order valence-corrected chi connectivity index (χ4v) is 2.24. The number of aliphatic hydroxyl groups is 1. The third kappa shape index (κ3) is 2.55. The third-order valence-corrected chi connectivity index (χ3v) is 3.05. The van der Waals surface area contributed by atoms with Gasteiger partial charge in [0.15, 0.2) is 0 Å². The molecule has 1 atom stereocenters. The number of hydrogen-bond donors (Lipinski definition) is 2. The third-order valence-electron chi connectivity index (χ3n) is 3.05.